The van der Waals surface area contributed by atoms with Gasteiger partial charge < -0.3 is 11.1 Å². The minimum Gasteiger partial charge on any atom is -0.369 e. The summed E-state index contributed by atoms with van der Waals surface area (Å²) in [4.78, 5) is 19.0. The lowest BCUT2D eigenvalue weighted by Gasteiger charge is -2.04. The van der Waals surface area contributed by atoms with Crippen molar-refractivity contribution in [2.75, 3.05) is 6.54 Å². The number of urea groups is 1. The normalized spacial score (nSPS) is 10.6. The number of carbonyl (C=O) groups excluding carboxylic acids is 1. The molecule has 0 aliphatic rings. The molecule has 0 bridgehead atoms. The van der Waals surface area contributed by atoms with Crippen molar-refractivity contribution >= 4 is 17.7 Å². The van der Waals surface area contributed by atoms with E-state index in [0.29, 0.717) is 12.2 Å². The molecule has 0 radical (unpaired) electrons. The monoisotopic (exact) mass is 219 g/mol. The van der Waals surface area contributed by atoms with E-state index in [2.05, 4.69) is 27.2 Å². The molecule has 16 heavy (non-hydrogen) atoms. The van der Waals surface area contributed by atoms with Gasteiger partial charge in [0.2, 0.25) is 5.96 Å². The van der Waals surface area contributed by atoms with Gasteiger partial charge in [0.25, 0.3) is 0 Å². The maximum absolute atomic E-state index is 11.2. The fraction of sp³-hybridized carbons (Fsp3) is 0.100. The first-order valence-corrected chi connectivity index (χ1v) is 4.62. The Kier molecular flexibility index (Phi) is 4.52. The second-order valence-electron chi connectivity index (χ2n) is 2.83. The third kappa shape index (κ3) is 4.23. The Labute approximate surface area is 93.3 Å². The van der Waals surface area contributed by atoms with Gasteiger partial charge in [-0.1, -0.05) is 6.08 Å². The summed E-state index contributed by atoms with van der Waals surface area (Å²) in [6.07, 6.45) is 4.74. The Bertz CT molecular complexity index is 387. The number of carbonyl (C=O) groups is 1. The van der Waals surface area contributed by atoms with Gasteiger partial charge in [-0.25, -0.2) is 9.79 Å². The number of guanidine groups is 1. The fourth-order valence-electron chi connectivity index (χ4n) is 0.911. The Hall–Kier alpha value is -2.37. The number of hydrogen-bond donors (Lipinski definition) is 3. The lowest BCUT2D eigenvalue weighted by Crippen LogP contribution is -2.43. The van der Waals surface area contributed by atoms with E-state index in [1.165, 1.54) is 0 Å². The van der Waals surface area contributed by atoms with Crippen LogP contribution in [0.15, 0.2) is 42.2 Å². The summed E-state index contributed by atoms with van der Waals surface area (Å²) < 4.78 is 0. The van der Waals surface area contributed by atoms with Crippen LogP contribution in [0, 0.1) is 0 Å². The second kappa shape index (κ2) is 6.18. The number of nitrogens with zero attached hydrogens (tertiary/aromatic N) is 2. The number of aromatic nitrogens is 1. The van der Waals surface area contributed by atoms with Crippen LogP contribution < -0.4 is 16.4 Å². The molecule has 0 unspecified atom stereocenters. The molecule has 0 saturated carbocycles. The van der Waals surface area contributed by atoms with E-state index in [4.69, 9.17) is 5.73 Å². The van der Waals surface area contributed by atoms with E-state index in [1.807, 2.05) is 0 Å². The SMILES string of the molecule is C=CCNC(=O)NC(N)=Nc1ccncc1. The molecule has 6 heteroatoms. The Morgan fingerprint density at radius 1 is 1.56 bits per heavy atom. The van der Waals surface area contributed by atoms with Gasteiger partial charge in [-0.3, -0.25) is 10.3 Å². The molecule has 1 aromatic heterocycles. The van der Waals surface area contributed by atoms with Crippen molar-refractivity contribution in [1.29, 1.82) is 0 Å². The third-order valence-electron chi connectivity index (χ3n) is 1.56. The Balaban J connectivity index is 2.52. The van der Waals surface area contributed by atoms with Gasteiger partial charge in [-0.15, -0.1) is 6.58 Å². The molecule has 0 aliphatic heterocycles. The van der Waals surface area contributed by atoms with Crippen molar-refractivity contribution < 1.29 is 4.79 Å². The number of amides is 2. The maximum atomic E-state index is 11.2. The lowest BCUT2D eigenvalue weighted by molar-refractivity contribution is 0.246. The molecule has 0 spiro atoms. The number of hydrogen-bond acceptors (Lipinski definition) is 3. The van der Waals surface area contributed by atoms with E-state index in [-0.39, 0.29) is 5.96 Å². The Morgan fingerprint density at radius 2 is 2.25 bits per heavy atom. The molecule has 0 aliphatic carbocycles. The molecule has 0 fully saturated rings. The summed E-state index contributed by atoms with van der Waals surface area (Å²) in [5.74, 6) is 0.0211. The van der Waals surface area contributed by atoms with Crippen molar-refractivity contribution in [2.24, 2.45) is 10.7 Å². The zero-order chi connectivity index (χ0) is 11.8. The fourth-order valence-corrected chi connectivity index (χ4v) is 0.911. The summed E-state index contributed by atoms with van der Waals surface area (Å²) in [7, 11) is 0. The highest BCUT2D eigenvalue weighted by atomic mass is 16.2. The van der Waals surface area contributed by atoms with Crippen molar-refractivity contribution in [1.82, 2.24) is 15.6 Å². The van der Waals surface area contributed by atoms with Crippen LogP contribution in [-0.4, -0.2) is 23.5 Å². The molecule has 1 aromatic rings. The molecule has 4 N–H and O–H groups in total. The largest absolute Gasteiger partial charge is 0.369 e. The highest BCUT2D eigenvalue weighted by Crippen LogP contribution is 2.06. The highest BCUT2D eigenvalue weighted by molar-refractivity contribution is 5.96. The van der Waals surface area contributed by atoms with Crippen LogP contribution in [0.2, 0.25) is 0 Å². The average Bonchev–Trinajstić information content (AvgIpc) is 2.27. The van der Waals surface area contributed by atoms with E-state index < -0.39 is 6.03 Å². The van der Waals surface area contributed by atoms with E-state index in [0.717, 1.165) is 0 Å². The second-order valence-corrected chi connectivity index (χ2v) is 2.83. The van der Waals surface area contributed by atoms with Crippen molar-refractivity contribution in [3.63, 3.8) is 0 Å². The minimum atomic E-state index is -0.421. The van der Waals surface area contributed by atoms with Gasteiger partial charge in [0.15, 0.2) is 0 Å². The minimum absolute atomic E-state index is 0.0211. The van der Waals surface area contributed by atoms with Gasteiger partial charge in [-0.05, 0) is 12.1 Å². The Morgan fingerprint density at radius 3 is 2.88 bits per heavy atom. The topological polar surface area (TPSA) is 92.4 Å². The first-order chi connectivity index (χ1) is 7.72. The van der Waals surface area contributed by atoms with Crippen LogP contribution in [0.3, 0.4) is 0 Å². The molecular formula is C10H13N5O. The summed E-state index contributed by atoms with van der Waals surface area (Å²) in [5.41, 5.74) is 6.13. The zero-order valence-corrected chi connectivity index (χ0v) is 8.68. The van der Waals surface area contributed by atoms with E-state index >= 15 is 0 Å². The molecular weight excluding hydrogens is 206 g/mol. The summed E-state index contributed by atoms with van der Waals surface area (Å²) in [6, 6.07) is 2.93. The molecule has 6 nitrogen and oxygen atoms in total. The van der Waals surface area contributed by atoms with Crippen LogP contribution in [0.4, 0.5) is 10.5 Å². The van der Waals surface area contributed by atoms with Gasteiger partial charge in [0.05, 0.1) is 5.69 Å². The third-order valence-corrected chi connectivity index (χ3v) is 1.56. The number of nitrogens with one attached hydrogen (secondary N) is 2. The number of nitrogens with two attached hydrogens (primary N) is 1. The molecule has 0 saturated heterocycles. The van der Waals surface area contributed by atoms with Crippen molar-refractivity contribution in [2.45, 2.75) is 0 Å². The van der Waals surface area contributed by atoms with Crippen molar-refractivity contribution in [3.05, 3.63) is 37.2 Å². The molecule has 1 rings (SSSR count). The number of aliphatic imine (C=N–C) groups is 1. The predicted octanol–water partition coefficient (Wildman–Crippen LogP) is 0.513. The molecule has 1 heterocycles. The van der Waals surface area contributed by atoms with Crippen LogP contribution in [0.1, 0.15) is 0 Å². The maximum Gasteiger partial charge on any atom is 0.321 e. The van der Waals surface area contributed by atoms with Crippen LogP contribution in [-0.2, 0) is 0 Å². The predicted molar refractivity (Wildman–Crippen MR) is 62.3 cm³/mol. The zero-order valence-electron chi connectivity index (χ0n) is 8.68. The standard InChI is InChI=1S/C10H13N5O/c1-2-5-13-10(16)15-9(11)14-8-3-6-12-7-4-8/h2-4,6-7H,1,5H2,(H4,11,12,13,14,15,16). The molecule has 0 atom stereocenters. The van der Waals surface area contributed by atoms with Crippen LogP contribution >= 0.6 is 0 Å². The quantitative estimate of drug-likeness (QED) is 0.393. The lowest BCUT2D eigenvalue weighted by atomic mass is 10.4. The summed E-state index contributed by atoms with van der Waals surface area (Å²) in [5, 5.41) is 4.88. The van der Waals surface area contributed by atoms with E-state index in [1.54, 1.807) is 30.6 Å². The van der Waals surface area contributed by atoms with Gasteiger partial charge >= 0.3 is 6.03 Å². The summed E-state index contributed by atoms with van der Waals surface area (Å²) >= 11 is 0. The van der Waals surface area contributed by atoms with Gasteiger partial charge in [-0.2, -0.15) is 0 Å². The van der Waals surface area contributed by atoms with Crippen molar-refractivity contribution in [3.8, 4) is 0 Å². The molecule has 2 amide bonds. The summed E-state index contributed by atoms with van der Waals surface area (Å²) in [6.45, 7) is 3.84. The number of rotatable bonds is 3. The van der Waals surface area contributed by atoms with Gasteiger partial charge in [0, 0.05) is 18.9 Å². The first-order valence-electron chi connectivity index (χ1n) is 4.62. The van der Waals surface area contributed by atoms with Crippen LogP contribution in [0.25, 0.3) is 0 Å². The van der Waals surface area contributed by atoms with Crippen LogP contribution in [0.5, 0.6) is 0 Å². The highest BCUT2D eigenvalue weighted by Gasteiger charge is 1.99. The molecule has 0 aromatic carbocycles. The van der Waals surface area contributed by atoms with E-state index in [9.17, 15) is 4.79 Å². The number of pyridine rings is 1. The first kappa shape index (κ1) is 11.7. The average molecular weight is 219 g/mol. The molecule has 84 valence electrons. The smallest absolute Gasteiger partial charge is 0.321 e. The van der Waals surface area contributed by atoms with Gasteiger partial charge in [0.1, 0.15) is 0 Å².